The summed E-state index contributed by atoms with van der Waals surface area (Å²) in [6.45, 7) is 0. The van der Waals surface area contributed by atoms with Crippen molar-refractivity contribution in [2.24, 2.45) is 0 Å². The van der Waals surface area contributed by atoms with Gasteiger partial charge < -0.3 is 10.3 Å². The lowest BCUT2D eigenvalue weighted by Gasteiger charge is -2.12. The molecule has 3 N–H and O–H groups in total. The minimum Gasteiger partial charge on any atom is -0.383 e. The van der Waals surface area contributed by atoms with Gasteiger partial charge in [0.05, 0.1) is 11.1 Å². The number of nitrogen functional groups attached to an aromatic ring is 1. The minimum absolute atomic E-state index is 0.252. The molecule has 5 rings (SSSR count). The van der Waals surface area contributed by atoms with Gasteiger partial charge in [0.15, 0.2) is 0 Å². The highest BCUT2D eigenvalue weighted by molar-refractivity contribution is 7.92. The Kier molecular flexibility index (Phi) is 5.43. The van der Waals surface area contributed by atoms with E-state index in [9.17, 15) is 17.2 Å². The molecule has 1 aliphatic carbocycles. The van der Waals surface area contributed by atoms with Gasteiger partial charge in [0.1, 0.15) is 40.1 Å². The molecule has 0 radical (unpaired) electrons. The van der Waals surface area contributed by atoms with Crippen LogP contribution < -0.4 is 10.5 Å². The van der Waals surface area contributed by atoms with E-state index < -0.39 is 38.1 Å². The second kappa shape index (κ2) is 8.32. The molecule has 0 amide bonds. The van der Waals surface area contributed by atoms with Gasteiger partial charge in [-0.25, -0.2) is 31.6 Å². The standard InChI is InChI=1S/C23H20F3N5O2S/c24-14-6-7-17(25)20(10-14)34(32,33)30-19-8-5-13(9-18(19)26)16-11-31(15-3-1-2-4-15)23-21(16)22(27)28-12-29-23/h5-12,15,30H,1-4H2,(H2,27,28,29). The normalized spacial score (nSPS) is 14.7. The molecule has 0 unspecified atom stereocenters. The SMILES string of the molecule is Nc1ncnc2c1c(-c1ccc(NS(=O)(=O)c3cc(F)ccc3F)c(F)c1)cn2C1CCCC1. The topological polar surface area (TPSA) is 103 Å². The largest absolute Gasteiger partial charge is 0.383 e. The molecule has 4 aromatic rings. The van der Waals surface area contributed by atoms with Crippen LogP contribution in [0.25, 0.3) is 22.2 Å². The van der Waals surface area contributed by atoms with Gasteiger partial charge in [-0.3, -0.25) is 4.72 Å². The van der Waals surface area contributed by atoms with Crippen LogP contribution >= 0.6 is 0 Å². The van der Waals surface area contributed by atoms with Crippen LogP contribution in [0, 0.1) is 17.5 Å². The summed E-state index contributed by atoms with van der Waals surface area (Å²) >= 11 is 0. The predicted octanol–water partition coefficient (Wildman–Crippen LogP) is 5.01. The number of benzene rings is 2. The molecule has 0 bridgehead atoms. The lowest BCUT2D eigenvalue weighted by Crippen LogP contribution is -2.15. The average Bonchev–Trinajstić information content (AvgIpc) is 3.45. The fourth-order valence-corrected chi connectivity index (χ4v) is 5.59. The van der Waals surface area contributed by atoms with Gasteiger partial charge in [0.2, 0.25) is 0 Å². The number of nitrogens with two attached hydrogens (primary N) is 1. The van der Waals surface area contributed by atoms with Crippen LogP contribution in [0.15, 0.2) is 53.8 Å². The molecule has 176 valence electrons. The maximum Gasteiger partial charge on any atom is 0.265 e. The minimum atomic E-state index is -4.56. The van der Waals surface area contributed by atoms with Crippen molar-refractivity contribution < 1.29 is 21.6 Å². The molecule has 2 heterocycles. The zero-order valence-electron chi connectivity index (χ0n) is 17.8. The number of nitrogens with zero attached hydrogens (tertiary/aromatic N) is 3. The van der Waals surface area contributed by atoms with E-state index in [2.05, 4.69) is 9.97 Å². The van der Waals surface area contributed by atoms with E-state index in [1.807, 2.05) is 15.5 Å². The van der Waals surface area contributed by atoms with Crippen molar-refractivity contribution in [3.05, 3.63) is 66.4 Å². The molecule has 0 saturated heterocycles. The number of aromatic nitrogens is 3. The first kappa shape index (κ1) is 22.2. The second-order valence-corrected chi connectivity index (χ2v) is 9.87. The molecule has 0 spiro atoms. The van der Waals surface area contributed by atoms with Crippen LogP contribution in [-0.4, -0.2) is 23.0 Å². The lowest BCUT2D eigenvalue weighted by atomic mass is 10.1. The third kappa shape index (κ3) is 3.85. The van der Waals surface area contributed by atoms with Crippen molar-refractivity contribution in [1.82, 2.24) is 14.5 Å². The molecule has 0 atom stereocenters. The maximum atomic E-state index is 15.0. The van der Waals surface area contributed by atoms with Crippen molar-refractivity contribution in [2.45, 2.75) is 36.6 Å². The summed E-state index contributed by atoms with van der Waals surface area (Å²) in [5, 5.41) is 0.587. The monoisotopic (exact) mass is 487 g/mol. The summed E-state index contributed by atoms with van der Waals surface area (Å²) in [5.41, 5.74) is 7.44. The maximum absolute atomic E-state index is 15.0. The third-order valence-electron chi connectivity index (χ3n) is 6.06. The summed E-state index contributed by atoms with van der Waals surface area (Å²) < 4.78 is 71.5. The molecule has 2 aromatic heterocycles. The molecule has 1 aliphatic rings. The fraction of sp³-hybridized carbons (Fsp3) is 0.217. The average molecular weight is 488 g/mol. The molecule has 1 fully saturated rings. The molecule has 1 saturated carbocycles. The van der Waals surface area contributed by atoms with Gasteiger partial charge in [0.25, 0.3) is 10.0 Å². The molecule has 11 heteroatoms. The summed E-state index contributed by atoms with van der Waals surface area (Å²) in [5.74, 6) is -2.73. The van der Waals surface area contributed by atoms with Crippen LogP contribution in [-0.2, 0) is 10.0 Å². The Bertz CT molecular complexity index is 1510. The Hall–Kier alpha value is -3.60. The van der Waals surface area contributed by atoms with E-state index >= 15 is 4.39 Å². The van der Waals surface area contributed by atoms with Crippen LogP contribution in [0.4, 0.5) is 24.7 Å². The Morgan fingerprint density at radius 3 is 2.50 bits per heavy atom. The lowest BCUT2D eigenvalue weighted by molar-refractivity contribution is 0.532. The van der Waals surface area contributed by atoms with Gasteiger partial charge in [-0.1, -0.05) is 18.9 Å². The summed E-state index contributed by atoms with van der Waals surface area (Å²) in [7, 11) is -4.56. The van der Waals surface area contributed by atoms with Crippen LogP contribution in [0.2, 0.25) is 0 Å². The molecule has 0 aliphatic heterocycles. The van der Waals surface area contributed by atoms with Crippen molar-refractivity contribution in [3.63, 3.8) is 0 Å². The number of fused-ring (bicyclic) bond motifs is 1. The summed E-state index contributed by atoms with van der Waals surface area (Å²) in [6, 6.07) is 6.16. The number of sulfonamides is 1. The van der Waals surface area contributed by atoms with Crippen LogP contribution in [0.1, 0.15) is 31.7 Å². The molecular formula is C23H20F3N5O2S. The Balaban J connectivity index is 1.54. The smallest absolute Gasteiger partial charge is 0.265 e. The first-order valence-electron chi connectivity index (χ1n) is 10.6. The predicted molar refractivity (Wildman–Crippen MR) is 122 cm³/mol. The van der Waals surface area contributed by atoms with Gasteiger partial charge in [-0.2, -0.15) is 0 Å². The van der Waals surface area contributed by atoms with E-state index in [0.29, 0.717) is 34.3 Å². The van der Waals surface area contributed by atoms with Crippen molar-refractivity contribution in [3.8, 4) is 11.1 Å². The molecular weight excluding hydrogens is 467 g/mol. The number of hydrogen-bond acceptors (Lipinski definition) is 5. The van der Waals surface area contributed by atoms with Crippen molar-refractivity contribution >= 4 is 32.6 Å². The first-order valence-corrected chi connectivity index (χ1v) is 12.1. The van der Waals surface area contributed by atoms with E-state index in [-0.39, 0.29) is 11.9 Å². The quantitative estimate of drug-likeness (QED) is 0.412. The number of nitrogens with one attached hydrogen (secondary N) is 1. The highest BCUT2D eigenvalue weighted by Crippen LogP contribution is 2.39. The summed E-state index contributed by atoms with van der Waals surface area (Å²) in [6.07, 6.45) is 7.46. The van der Waals surface area contributed by atoms with Gasteiger partial charge in [-0.15, -0.1) is 0 Å². The number of rotatable bonds is 5. The Labute approximate surface area is 193 Å². The van der Waals surface area contributed by atoms with E-state index in [0.717, 1.165) is 37.8 Å². The van der Waals surface area contributed by atoms with Gasteiger partial charge >= 0.3 is 0 Å². The number of anilines is 2. The Morgan fingerprint density at radius 2 is 1.76 bits per heavy atom. The van der Waals surface area contributed by atoms with E-state index in [1.54, 1.807) is 0 Å². The zero-order chi connectivity index (χ0) is 24.0. The number of hydrogen-bond donors (Lipinski definition) is 2. The van der Waals surface area contributed by atoms with Crippen LogP contribution in [0.5, 0.6) is 0 Å². The van der Waals surface area contributed by atoms with Crippen LogP contribution in [0.3, 0.4) is 0 Å². The van der Waals surface area contributed by atoms with E-state index in [4.69, 9.17) is 5.73 Å². The van der Waals surface area contributed by atoms with Gasteiger partial charge in [0, 0.05) is 17.8 Å². The summed E-state index contributed by atoms with van der Waals surface area (Å²) in [4.78, 5) is 7.55. The first-order chi connectivity index (χ1) is 16.2. The molecule has 34 heavy (non-hydrogen) atoms. The third-order valence-corrected chi connectivity index (χ3v) is 7.44. The Morgan fingerprint density at radius 1 is 1.00 bits per heavy atom. The fourth-order valence-electron chi connectivity index (χ4n) is 4.44. The molecule has 2 aromatic carbocycles. The molecule has 7 nitrogen and oxygen atoms in total. The van der Waals surface area contributed by atoms with E-state index in [1.165, 1.54) is 18.5 Å². The zero-order valence-corrected chi connectivity index (χ0v) is 18.6. The van der Waals surface area contributed by atoms with Crippen molar-refractivity contribution in [2.75, 3.05) is 10.5 Å². The van der Waals surface area contributed by atoms with Crippen molar-refractivity contribution in [1.29, 1.82) is 0 Å². The highest BCUT2D eigenvalue weighted by atomic mass is 32.2. The highest BCUT2D eigenvalue weighted by Gasteiger charge is 2.25. The van der Waals surface area contributed by atoms with Gasteiger partial charge in [-0.05, 0) is 48.7 Å². The number of halogens is 3. The second-order valence-electron chi connectivity index (χ2n) is 8.22.